The summed E-state index contributed by atoms with van der Waals surface area (Å²) in [4.78, 5) is 35.7. The number of Topliss-reactive ketones (excluding diaryl/α,β-unsaturated/α-hetero) is 1. The van der Waals surface area contributed by atoms with Gasteiger partial charge >= 0.3 is 5.97 Å². The number of halogens is 1. The molecule has 0 aliphatic heterocycles. The molecular weight excluding hydrogens is 325 g/mol. The zero-order valence-electron chi connectivity index (χ0n) is 13.7. The van der Waals surface area contributed by atoms with E-state index in [-0.39, 0.29) is 24.4 Å². The lowest BCUT2D eigenvalue weighted by molar-refractivity contribution is -0.146. The molecule has 0 aromatic heterocycles. The van der Waals surface area contributed by atoms with Gasteiger partial charge in [0.05, 0.1) is 6.42 Å². The van der Waals surface area contributed by atoms with Crippen LogP contribution in [-0.2, 0) is 9.53 Å². The summed E-state index contributed by atoms with van der Waals surface area (Å²) in [5.74, 6) is -1.75. The third-order valence-electron chi connectivity index (χ3n) is 3.46. The van der Waals surface area contributed by atoms with Crippen molar-refractivity contribution in [1.29, 1.82) is 0 Å². The average Bonchev–Trinajstić information content (AvgIpc) is 2.62. The summed E-state index contributed by atoms with van der Waals surface area (Å²) in [6, 6.07) is 13.6. The molecule has 0 saturated carbocycles. The normalized spacial score (nSPS) is 11.4. The van der Waals surface area contributed by atoms with Crippen LogP contribution in [0.15, 0.2) is 54.6 Å². The van der Waals surface area contributed by atoms with Crippen LogP contribution in [0.5, 0.6) is 0 Å². The molecule has 2 aromatic carbocycles. The van der Waals surface area contributed by atoms with Gasteiger partial charge in [0.1, 0.15) is 5.82 Å². The molecule has 1 amide bonds. The first-order valence-corrected chi connectivity index (χ1v) is 7.80. The summed E-state index contributed by atoms with van der Waals surface area (Å²) in [6.45, 7) is 1.55. The van der Waals surface area contributed by atoms with Crippen molar-refractivity contribution in [3.05, 3.63) is 71.5 Å². The molecule has 0 aliphatic rings. The van der Waals surface area contributed by atoms with E-state index in [0.717, 1.165) is 0 Å². The van der Waals surface area contributed by atoms with E-state index in [4.69, 9.17) is 4.74 Å². The Hall–Kier alpha value is -3.02. The first kappa shape index (κ1) is 18.3. The molecule has 0 fully saturated rings. The molecule has 2 rings (SSSR count). The highest BCUT2D eigenvalue weighted by atomic mass is 19.1. The summed E-state index contributed by atoms with van der Waals surface area (Å²) in [6.07, 6.45) is -1.04. The number of benzene rings is 2. The van der Waals surface area contributed by atoms with E-state index in [1.807, 2.05) is 0 Å². The molecule has 0 saturated heterocycles. The summed E-state index contributed by atoms with van der Waals surface area (Å²) < 4.78 is 17.9. The number of hydrogen-bond donors (Lipinski definition) is 1. The lowest BCUT2D eigenvalue weighted by atomic mass is 10.1. The Bertz CT molecular complexity index is 744. The number of rotatable bonds is 7. The smallest absolute Gasteiger partial charge is 0.308 e. The molecule has 25 heavy (non-hydrogen) atoms. The number of carbonyl (C=O) groups excluding carboxylic acids is 3. The van der Waals surface area contributed by atoms with Gasteiger partial charge in [-0.25, -0.2) is 4.39 Å². The fourth-order valence-corrected chi connectivity index (χ4v) is 2.13. The van der Waals surface area contributed by atoms with Gasteiger partial charge in [0.2, 0.25) is 5.78 Å². The number of esters is 1. The van der Waals surface area contributed by atoms with Crippen LogP contribution in [0.25, 0.3) is 0 Å². The van der Waals surface area contributed by atoms with Crippen molar-refractivity contribution < 1.29 is 23.5 Å². The Morgan fingerprint density at radius 2 is 1.64 bits per heavy atom. The Kier molecular flexibility index (Phi) is 6.39. The van der Waals surface area contributed by atoms with Crippen molar-refractivity contribution in [3.8, 4) is 0 Å². The third-order valence-corrected chi connectivity index (χ3v) is 3.46. The van der Waals surface area contributed by atoms with E-state index < -0.39 is 23.7 Å². The highest BCUT2D eigenvalue weighted by Crippen LogP contribution is 2.09. The van der Waals surface area contributed by atoms with Gasteiger partial charge in [0.15, 0.2) is 6.10 Å². The minimum atomic E-state index is -0.984. The number of nitrogens with one attached hydrogen (secondary N) is 1. The van der Waals surface area contributed by atoms with E-state index >= 15 is 0 Å². The highest BCUT2D eigenvalue weighted by Gasteiger charge is 2.19. The average molecular weight is 343 g/mol. The predicted octanol–water partition coefficient (Wildman–Crippen LogP) is 2.76. The van der Waals surface area contributed by atoms with Gasteiger partial charge in [0.25, 0.3) is 5.91 Å². The van der Waals surface area contributed by atoms with Crippen molar-refractivity contribution in [2.75, 3.05) is 6.54 Å². The van der Waals surface area contributed by atoms with Gasteiger partial charge in [-0.2, -0.15) is 0 Å². The predicted molar refractivity (Wildman–Crippen MR) is 89.7 cm³/mol. The van der Waals surface area contributed by atoms with Crippen LogP contribution in [0.4, 0.5) is 4.39 Å². The molecule has 5 nitrogen and oxygen atoms in total. The number of ketones is 1. The second kappa shape index (κ2) is 8.73. The minimum Gasteiger partial charge on any atom is -0.454 e. The molecule has 0 bridgehead atoms. The largest absolute Gasteiger partial charge is 0.454 e. The van der Waals surface area contributed by atoms with Crippen LogP contribution in [0.2, 0.25) is 0 Å². The maximum Gasteiger partial charge on any atom is 0.308 e. The van der Waals surface area contributed by atoms with Gasteiger partial charge in [-0.15, -0.1) is 0 Å². The van der Waals surface area contributed by atoms with E-state index in [2.05, 4.69) is 5.32 Å². The summed E-state index contributed by atoms with van der Waals surface area (Å²) in [7, 11) is 0. The van der Waals surface area contributed by atoms with Crippen LogP contribution in [0.1, 0.15) is 34.1 Å². The lowest BCUT2D eigenvalue weighted by Crippen LogP contribution is -2.29. The topological polar surface area (TPSA) is 72.5 Å². The monoisotopic (exact) mass is 343 g/mol. The number of carbonyl (C=O) groups is 3. The zero-order chi connectivity index (χ0) is 18.2. The van der Waals surface area contributed by atoms with Gasteiger partial charge in [-0.05, 0) is 43.3 Å². The quantitative estimate of drug-likeness (QED) is 0.620. The molecule has 0 spiro atoms. The summed E-state index contributed by atoms with van der Waals surface area (Å²) in [5.41, 5.74) is 0.759. The Morgan fingerprint density at radius 3 is 2.28 bits per heavy atom. The van der Waals surface area contributed by atoms with Crippen LogP contribution < -0.4 is 5.32 Å². The molecule has 1 N–H and O–H groups in total. The molecule has 0 radical (unpaired) electrons. The maximum absolute atomic E-state index is 12.9. The lowest BCUT2D eigenvalue weighted by Gasteiger charge is -2.12. The third kappa shape index (κ3) is 5.53. The number of ether oxygens (including phenoxy) is 1. The Balaban J connectivity index is 1.76. The van der Waals surface area contributed by atoms with Crippen LogP contribution in [0.3, 0.4) is 0 Å². The van der Waals surface area contributed by atoms with Crippen molar-refractivity contribution >= 4 is 17.7 Å². The Labute approximate surface area is 144 Å². The second-order valence-electron chi connectivity index (χ2n) is 5.38. The van der Waals surface area contributed by atoms with Crippen LogP contribution in [0, 0.1) is 5.82 Å². The molecule has 0 heterocycles. The van der Waals surface area contributed by atoms with Gasteiger partial charge < -0.3 is 10.1 Å². The first-order chi connectivity index (χ1) is 12.0. The summed E-state index contributed by atoms with van der Waals surface area (Å²) >= 11 is 0. The number of hydrogen-bond acceptors (Lipinski definition) is 4. The zero-order valence-corrected chi connectivity index (χ0v) is 13.7. The van der Waals surface area contributed by atoms with Gasteiger partial charge in [-0.1, -0.05) is 18.2 Å². The van der Waals surface area contributed by atoms with Crippen molar-refractivity contribution in [2.45, 2.75) is 19.4 Å². The molecule has 2 aromatic rings. The van der Waals surface area contributed by atoms with Gasteiger partial charge in [-0.3, -0.25) is 14.4 Å². The minimum absolute atomic E-state index is 0.0559. The molecule has 0 aliphatic carbocycles. The van der Waals surface area contributed by atoms with E-state index in [0.29, 0.717) is 5.56 Å². The molecule has 6 heteroatoms. The maximum atomic E-state index is 12.9. The molecular formula is C19H18FNO4. The highest BCUT2D eigenvalue weighted by molar-refractivity contribution is 6.00. The van der Waals surface area contributed by atoms with E-state index in [9.17, 15) is 18.8 Å². The molecule has 1 atom stereocenters. The molecule has 0 unspecified atom stereocenters. The molecule has 130 valence electrons. The van der Waals surface area contributed by atoms with Crippen LogP contribution in [-0.4, -0.2) is 30.3 Å². The summed E-state index contributed by atoms with van der Waals surface area (Å²) in [5, 5.41) is 2.60. The number of amides is 1. The fraction of sp³-hybridized carbons (Fsp3) is 0.211. The van der Waals surface area contributed by atoms with Gasteiger partial charge in [0, 0.05) is 17.7 Å². The second-order valence-corrected chi connectivity index (χ2v) is 5.38. The standard InChI is InChI=1S/C19H18FNO4/c1-13(18(23)14-7-9-16(20)10-8-14)25-17(22)11-12-21-19(24)15-5-3-2-4-6-15/h2-10,13H,11-12H2,1H3,(H,21,24)/t13-/m1/s1. The van der Waals surface area contributed by atoms with Crippen molar-refractivity contribution in [2.24, 2.45) is 0 Å². The fourth-order valence-electron chi connectivity index (χ4n) is 2.13. The SMILES string of the molecule is C[C@@H](OC(=O)CCNC(=O)c1ccccc1)C(=O)c1ccc(F)cc1. The Morgan fingerprint density at radius 1 is 1.00 bits per heavy atom. The van der Waals surface area contributed by atoms with E-state index in [1.165, 1.54) is 31.2 Å². The first-order valence-electron chi connectivity index (χ1n) is 7.80. The van der Waals surface area contributed by atoms with E-state index in [1.54, 1.807) is 30.3 Å². The van der Waals surface area contributed by atoms with Crippen LogP contribution >= 0.6 is 0 Å². The van der Waals surface area contributed by atoms with Crippen molar-refractivity contribution in [3.63, 3.8) is 0 Å². The van der Waals surface area contributed by atoms with Crippen molar-refractivity contribution in [1.82, 2.24) is 5.32 Å².